The number of nitrogens with zero attached hydrogens (tertiary/aromatic N) is 2. The molecule has 3 rings (SSSR count). The summed E-state index contributed by atoms with van der Waals surface area (Å²) in [6.07, 6.45) is 2.50. The Morgan fingerprint density at radius 1 is 1.10 bits per heavy atom. The first kappa shape index (κ1) is 14.0. The molecule has 0 amide bonds. The van der Waals surface area contributed by atoms with Crippen molar-refractivity contribution < 1.29 is 4.79 Å². The van der Waals surface area contributed by atoms with Gasteiger partial charge in [0, 0.05) is 16.2 Å². The van der Waals surface area contributed by atoms with Crippen molar-refractivity contribution in [1.29, 1.82) is 0 Å². The molecule has 3 nitrogen and oxygen atoms in total. The molecule has 3 aromatic rings. The molecule has 5 heteroatoms. The van der Waals surface area contributed by atoms with E-state index in [4.69, 9.17) is 11.6 Å². The van der Waals surface area contributed by atoms with E-state index in [0.717, 1.165) is 22.0 Å². The van der Waals surface area contributed by atoms with Crippen molar-refractivity contribution in [3.8, 4) is 16.9 Å². The zero-order valence-corrected chi connectivity index (χ0v) is 13.2. The van der Waals surface area contributed by atoms with Gasteiger partial charge in [0.15, 0.2) is 6.29 Å². The molecule has 0 saturated carbocycles. The molecule has 0 radical (unpaired) electrons. The minimum Gasteiger partial charge on any atom is -0.298 e. The number of aldehydes is 1. The molecule has 0 bridgehead atoms. The summed E-state index contributed by atoms with van der Waals surface area (Å²) >= 11 is 9.59. The van der Waals surface area contributed by atoms with Crippen LogP contribution in [-0.4, -0.2) is 16.1 Å². The van der Waals surface area contributed by atoms with Gasteiger partial charge in [0.2, 0.25) is 0 Å². The van der Waals surface area contributed by atoms with Gasteiger partial charge in [0.25, 0.3) is 0 Å². The Kier molecular flexibility index (Phi) is 3.90. The van der Waals surface area contributed by atoms with E-state index < -0.39 is 0 Å². The first-order valence-electron chi connectivity index (χ1n) is 6.25. The molecule has 0 spiro atoms. The van der Waals surface area contributed by atoms with Gasteiger partial charge < -0.3 is 0 Å². The first-order chi connectivity index (χ1) is 10.2. The predicted octanol–water partition coefficient (Wildman–Crippen LogP) is 4.77. The number of carbonyl (C=O) groups excluding carboxylic acids is 1. The molecule has 1 heterocycles. The molecule has 0 aliphatic carbocycles. The molecular weight excluding hydrogens is 352 g/mol. The highest BCUT2D eigenvalue weighted by Gasteiger charge is 2.14. The number of hydrogen-bond acceptors (Lipinski definition) is 2. The summed E-state index contributed by atoms with van der Waals surface area (Å²) in [6, 6.07) is 15.0. The Labute approximate surface area is 135 Å². The van der Waals surface area contributed by atoms with Gasteiger partial charge in [-0.25, -0.2) is 4.68 Å². The highest BCUT2D eigenvalue weighted by molar-refractivity contribution is 9.10. The number of rotatable bonds is 3. The van der Waals surface area contributed by atoms with Gasteiger partial charge in [0.05, 0.1) is 16.3 Å². The second-order valence-electron chi connectivity index (χ2n) is 4.45. The minimum atomic E-state index is 0.506. The van der Waals surface area contributed by atoms with Crippen molar-refractivity contribution >= 4 is 33.8 Å². The van der Waals surface area contributed by atoms with Crippen LogP contribution in [0.2, 0.25) is 5.02 Å². The Balaban J connectivity index is 2.13. The maximum absolute atomic E-state index is 11.3. The van der Waals surface area contributed by atoms with Gasteiger partial charge in [-0.3, -0.25) is 4.79 Å². The Bertz CT molecular complexity index is 796. The van der Waals surface area contributed by atoms with Crippen molar-refractivity contribution in [3.05, 3.63) is 69.8 Å². The lowest BCUT2D eigenvalue weighted by molar-refractivity contribution is 0.112. The summed E-state index contributed by atoms with van der Waals surface area (Å²) in [5, 5.41) is 5.07. The lowest BCUT2D eigenvalue weighted by Crippen LogP contribution is -1.94. The second-order valence-corrected chi connectivity index (χ2v) is 5.77. The van der Waals surface area contributed by atoms with Crippen LogP contribution >= 0.6 is 27.5 Å². The largest absolute Gasteiger partial charge is 0.298 e. The van der Waals surface area contributed by atoms with Gasteiger partial charge in [0.1, 0.15) is 5.69 Å². The highest BCUT2D eigenvalue weighted by atomic mass is 79.9. The molecule has 0 aliphatic heterocycles. The lowest BCUT2D eigenvalue weighted by Gasteiger charge is -2.02. The van der Waals surface area contributed by atoms with Crippen molar-refractivity contribution in [2.24, 2.45) is 0 Å². The molecule has 0 atom stereocenters. The van der Waals surface area contributed by atoms with Crippen molar-refractivity contribution in [1.82, 2.24) is 9.78 Å². The maximum Gasteiger partial charge on any atom is 0.153 e. The number of hydrogen-bond donors (Lipinski definition) is 0. The molecule has 0 saturated heterocycles. The van der Waals surface area contributed by atoms with E-state index in [2.05, 4.69) is 21.0 Å². The van der Waals surface area contributed by atoms with Crippen LogP contribution in [0.15, 0.2) is 59.2 Å². The molecule has 0 N–H and O–H groups in total. The average molecular weight is 362 g/mol. The van der Waals surface area contributed by atoms with Gasteiger partial charge in [-0.2, -0.15) is 5.10 Å². The molecule has 0 aliphatic rings. The van der Waals surface area contributed by atoms with Crippen LogP contribution in [0.4, 0.5) is 0 Å². The maximum atomic E-state index is 11.3. The topological polar surface area (TPSA) is 34.9 Å². The first-order valence-corrected chi connectivity index (χ1v) is 7.42. The second kappa shape index (κ2) is 5.84. The molecule has 2 aromatic carbocycles. The number of carbonyl (C=O) groups is 1. The Hall–Kier alpha value is -1.91. The number of halogens is 2. The summed E-state index contributed by atoms with van der Waals surface area (Å²) in [7, 11) is 0. The smallest absolute Gasteiger partial charge is 0.153 e. The number of benzene rings is 2. The third-order valence-corrected chi connectivity index (χ3v) is 3.95. The van der Waals surface area contributed by atoms with E-state index in [1.165, 1.54) is 0 Å². The van der Waals surface area contributed by atoms with Crippen LogP contribution in [0.3, 0.4) is 0 Å². The van der Waals surface area contributed by atoms with Gasteiger partial charge >= 0.3 is 0 Å². The minimum absolute atomic E-state index is 0.506. The molecule has 104 valence electrons. The van der Waals surface area contributed by atoms with Crippen molar-refractivity contribution in [2.45, 2.75) is 0 Å². The van der Waals surface area contributed by atoms with Crippen LogP contribution in [0.25, 0.3) is 16.9 Å². The summed E-state index contributed by atoms with van der Waals surface area (Å²) < 4.78 is 2.66. The highest BCUT2D eigenvalue weighted by Crippen LogP contribution is 2.29. The molecule has 21 heavy (non-hydrogen) atoms. The quantitative estimate of drug-likeness (QED) is 0.630. The summed E-state index contributed by atoms with van der Waals surface area (Å²) in [4.78, 5) is 11.3. The third kappa shape index (κ3) is 2.77. The molecule has 1 aromatic heterocycles. The molecule has 0 fully saturated rings. The van der Waals surface area contributed by atoms with Crippen molar-refractivity contribution in [2.75, 3.05) is 0 Å². The van der Waals surface area contributed by atoms with E-state index in [1.807, 2.05) is 42.5 Å². The Morgan fingerprint density at radius 3 is 2.48 bits per heavy atom. The van der Waals surface area contributed by atoms with E-state index >= 15 is 0 Å². The van der Waals surface area contributed by atoms with Crippen molar-refractivity contribution in [3.63, 3.8) is 0 Å². The van der Waals surface area contributed by atoms with E-state index in [1.54, 1.807) is 16.9 Å². The lowest BCUT2D eigenvalue weighted by atomic mass is 10.1. The monoisotopic (exact) mass is 360 g/mol. The Morgan fingerprint density at radius 2 is 1.81 bits per heavy atom. The summed E-state index contributed by atoms with van der Waals surface area (Å²) in [5.41, 5.74) is 2.71. The van der Waals surface area contributed by atoms with Crippen LogP contribution in [-0.2, 0) is 0 Å². The summed E-state index contributed by atoms with van der Waals surface area (Å²) in [6.45, 7) is 0. The van der Waals surface area contributed by atoms with Gasteiger partial charge in [-0.05, 0) is 30.3 Å². The fourth-order valence-corrected chi connectivity index (χ4v) is 2.55. The van der Waals surface area contributed by atoms with Gasteiger partial charge in [-0.1, -0.05) is 45.7 Å². The zero-order chi connectivity index (χ0) is 14.8. The summed E-state index contributed by atoms with van der Waals surface area (Å²) in [5.74, 6) is 0. The molecule has 0 unspecified atom stereocenters. The van der Waals surface area contributed by atoms with Crippen LogP contribution in [0.1, 0.15) is 10.4 Å². The van der Waals surface area contributed by atoms with E-state index in [-0.39, 0.29) is 0 Å². The SMILES string of the molecule is O=Cc1cn(-c2ccc(Br)cc2)nc1-c1ccccc1Cl. The van der Waals surface area contributed by atoms with Gasteiger partial charge in [-0.15, -0.1) is 0 Å². The van der Waals surface area contributed by atoms with Crippen LogP contribution < -0.4 is 0 Å². The number of aromatic nitrogens is 2. The van der Waals surface area contributed by atoms with E-state index in [9.17, 15) is 4.79 Å². The molecular formula is C16H10BrClN2O. The fourth-order valence-electron chi connectivity index (χ4n) is 2.06. The normalized spacial score (nSPS) is 10.6. The fraction of sp³-hybridized carbons (Fsp3) is 0. The van der Waals surface area contributed by atoms with Crippen LogP contribution in [0, 0.1) is 0 Å². The standard InChI is InChI=1S/C16H10BrClN2O/c17-12-5-7-13(8-6-12)20-9-11(10-21)16(19-20)14-3-1-2-4-15(14)18/h1-10H. The zero-order valence-electron chi connectivity index (χ0n) is 10.8. The van der Waals surface area contributed by atoms with E-state index in [0.29, 0.717) is 16.3 Å². The predicted molar refractivity (Wildman–Crippen MR) is 87.1 cm³/mol. The van der Waals surface area contributed by atoms with Crippen LogP contribution in [0.5, 0.6) is 0 Å². The average Bonchev–Trinajstić information content (AvgIpc) is 2.92. The third-order valence-electron chi connectivity index (χ3n) is 3.09.